The number of pyridine rings is 2. The molecule has 0 N–H and O–H groups in total. The third-order valence-corrected chi connectivity index (χ3v) is 3.87. The summed E-state index contributed by atoms with van der Waals surface area (Å²) >= 11 is 0. The molecule has 3 aromatic rings. The summed E-state index contributed by atoms with van der Waals surface area (Å²) in [6.45, 7) is 2.56. The molecule has 0 spiro atoms. The fraction of sp³-hybridized carbons (Fsp3) is 0.150. The Hall–Kier alpha value is -3.21. The molecule has 0 aliphatic heterocycles. The van der Waals surface area contributed by atoms with E-state index in [1.54, 1.807) is 54.8 Å². The van der Waals surface area contributed by atoms with Crippen LogP contribution in [-0.2, 0) is 6.54 Å². The highest BCUT2D eigenvalue weighted by Crippen LogP contribution is 2.23. The average Bonchev–Trinajstić information content (AvgIpc) is 2.64. The molecule has 1 amide bonds. The lowest BCUT2D eigenvalue weighted by Gasteiger charge is -2.19. The van der Waals surface area contributed by atoms with Crippen LogP contribution in [0.4, 0.5) is 0 Å². The zero-order chi connectivity index (χ0) is 17.6. The SMILES string of the molecule is Cc1ccccc1CN(C)C(=O)c1cccnc1Oc1cccnc1. The molecule has 0 radical (unpaired) electrons. The van der Waals surface area contributed by atoms with Crippen LogP contribution in [0.15, 0.2) is 67.1 Å². The Morgan fingerprint density at radius 2 is 1.88 bits per heavy atom. The van der Waals surface area contributed by atoms with Crippen LogP contribution in [0.25, 0.3) is 0 Å². The summed E-state index contributed by atoms with van der Waals surface area (Å²) in [6, 6.07) is 15.0. The smallest absolute Gasteiger partial charge is 0.259 e. The molecule has 3 rings (SSSR count). The van der Waals surface area contributed by atoms with E-state index in [0.717, 1.165) is 11.1 Å². The summed E-state index contributed by atoms with van der Waals surface area (Å²) in [4.78, 5) is 22.7. The van der Waals surface area contributed by atoms with E-state index in [-0.39, 0.29) is 11.8 Å². The van der Waals surface area contributed by atoms with E-state index in [9.17, 15) is 4.79 Å². The molecule has 0 atom stereocenters. The lowest BCUT2D eigenvalue weighted by Crippen LogP contribution is -2.27. The van der Waals surface area contributed by atoms with Crippen LogP contribution in [0.2, 0.25) is 0 Å². The van der Waals surface area contributed by atoms with E-state index < -0.39 is 0 Å². The number of ether oxygens (including phenoxy) is 1. The first-order valence-corrected chi connectivity index (χ1v) is 7.98. The summed E-state index contributed by atoms with van der Waals surface area (Å²) in [5, 5.41) is 0. The highest BCUT2D eigenvalue weighted by Gasteiger charge is 2.19. The molecule has 5 heteroatoms. The summed E-state index contributed by atoms with van der Waals surface area (Å²) < 4.78 is 5.73. The van der Waals surface area contributed by atoms with Crippen molar-refractivity contribution in [2.24, 2.45) is 0 Å². The number of carbonyl (C=O) groups excluding carboxylic acids is 1. The number of nitrogens with zero attached hydrogens (tertiary/aromatic N) is 3. The lowest BCUT2D eigenvalue weighted by molar-refractivity contribution is 0.0781. The van der Waals surface area contributed by atoms with Gasteiger partial charge in [-0.15, -0.1) is 0 Å². The largest absolute Gasteiger partial charge is 0.437 e. The average molecular weight is 333 g/mol. The molecular formula is C20H19N3O2. The summed E-state index contributed by atoms with van der Waals surface area (Å²) in [7, 11) is 1.77. The number of hydrogen-bond donors (Lipinski definition) is 0. The maximum atomic E-state index is 12.9. The number of aromatic nitrogens is 2. The molecule has 0 aliphatic rings. The van der Waals surface area contributed by atoms with Crippen molar-refractivity contribution in [1.29, 1.82) is 0 Å². The van der Waals surface area contributed by atoms with Gasteiger partial charge in [0, 0.05) is 26.0 Å². The van der Waals surface area contributed by atoms with E-state index >= 15 is 0 Å². The predicted octanol–water partition coefficient (Wildman–Crippen LogP) is 3.85. The Bertz CT molecular complexity index is 866. The van der Waals surface area contributed by atoms with Crippen molar-refractivity contribution in [1.82, 2.24) is 14.9 Å². The van der Waals surface area contributed by atoms with Crippen LogP contribution >= 0.6 is 0 Å². The molecule has 1 aromatic carbocycles. The Morgan fingerprint density at radius 1 is 1.08 bits per heavy atom. The fourth-order valence-electron chi connectivity index (χ4n) is 2.47. The maximum absolute atomic E-state index is 12.9. The molecule has 0 saturated carbocycles. The van der Waals surface area contributed by atoms with Crippen LogP contribution in [0.3, 0.4) is 0 Å². The quantitative estimate of drug-likeness (QED) is 0.712. The Labute approximate surface area is 146 Å². The minimum atomic E-state index is -0.143. The number of rotatable bonds is 5. The van der Waals surface area contributed by atoms with Gasteiger partial charge in [0.05, 0.1) is 6.20 Å². The molecule has 5 nitrogen and oxygen atoms in total. The molecule has 126 valence electrons. The second-order valence-corrected chi connectivity index (χ2v) is 5.73. The second kappa shape index (κ2) is 7.57. The van der Waals surface area contributed by atoms with E-state index in [1.807, 2.05) is 31.2 Å². The monoisotopic (exact) mass is 333 g/mol. The van der Waals surface area contributed by atoms with E-state index in [1.165, 1.54) is 0 Å². The fourth-order valence-corrected chi connectivity index (χ4v) is 2.47. The van der Waals surface area contributed by atoms with Crippen molar-refractivity contribution in [3.8, 4) is 11.6 Å². The zero-order valence-electron chi connectivity index (χ0n) is 14.2. The Kier molecular flexibility index (Phi) is 5.04. The van der Waals surface area contributed by atoms with Gasteiger partial charge in [-0.25, -0.2) is 4.98 Å². The van der Waals surface area contributed by atoms with Gasteiger partial charge in [-0.3, -0.25) is 9.78 Å². The third kappa shape index (κ3) is 4.01. The van der Waals surface area contributed by atoms with Gasteiger partial charge >= 0.3 is 0 Å². The molecule has 0 fully saturated rings. The van der Waals surface area contributed by atoms with Gasteiger partial charge in [0.2, 0.25) is 5.88 Å². The van der Waals surface area contributed by atoms with Crippen LogP contribution in [-0.4, -0.2) is 27.8 Å². The lowest BCUT2D eigenvalue weighted by atomic mass is 10.1. The van der Waals surface area contributed by atoms with Crippen LogP contribution in [0, 0.1) is 6.92 Å². The Morgan fingerprint density at radius 3 is 2.64 bits per heavy atom. The minimum absolute atomic E-state index is 0.143. The maximum Gasteiger partial charge on any atom is 0.259 e. The normalized spacial score (nSPS) is 10.3. The molecule has 0 saturated heterocycles. The third-order valence-electron chi connectivity index (χ3n) is 3.87. The number of carbonyl (C=O) groups is 1. The van der Waals surface area contributed by atoms with E-state index in [4.69, 9.17) is 4.74 Å². The second-order valence-electron chi connectivity index (χ2n) is 5.73. The van der Waals surface area contributed by atoms with Crippen molar-refractivity contribution >= 4 is 5.91 Å². The molecular weight excluding hydrogens is 314 g/mol. The molecule has 0 unspecified atom stereocenters. The summed E-state index contributed by atoms with van der Waals surface area (Å²) in [5.74, 6) is 0.671. The van der Waals surface area contributed by atoms with E-state index in [2.05, 4.69) is 9.97 Å². The van der Waals surface area contributed by atoms with Crippen LogP contribution in [0.1, 0.15) is 21.5 Å². The summed E-state index contributed by atoms with van der Waals surface area (Å²) in [5.41, 5.74) is 2.68. The Balaban J connectivity index is 1.81. The van der Waals surface area contributed by atoms with Gasteiger partial charge in [0.25, 0.3) is 5.91 Å². The van der Waals surface area contributed by atoms with Crippen molar-refractivity contribution in [3.05, 3.63) is 83.8 Å². The first kappa shape index (κ1) is 16.6. The van der Waals surface area contributed by atoms with Crippen LogP contribution in [0.5, 0.6) is 11.6 Å². The standard InChI is InChI=1S/C20H19N3O2/c1-15-7-3-4-8-16(15)14-23(2)20(24)18-10-6-12-22-19(18)25-17-9-5-11-21-13-17/h3-13H,14H2,1-2H3. The highest BCUT2D eigenvalue weighted by molar-refractivity contribution is 5.96. The van der Waals surface area contributed by atoms with Gasteiger partial charge in [-0.05, 0) is 42.3 Å². The molecule has 0 aliphatic carbocycles. The molecule has 2 aromatic heterocycles. The van der Waals surface area contributed by atoms with Crippen molar-refractivity contribution < 1.29 is 9.53 Å². The van der Waals surface area contributed by atoms with Crippen molar-refractivity contribution in [2.75, 3.05) is 7.05 Å². The minimum Gasteiger partial charge on any atom is -0.437 e. The van der Waals surface area contributed by atoms with Gasteiger partial charge in [-0.1, -0.05) is 24.3 Å². The first-order valence-electron chi connectivity index (χ1n) is 7.98. The van der Waals surface area contributed by atoms with Gasteiger partial charge in [0.15, 0.2) is 0 Å². The first-order chi connectivity index (χ1) is 12.1. The molecule has 2 heterocycles. The van der Waals surface area contributed by atoms with E-state index in [0.29, 0.717) is 17.9 Å². The topological polar surface area (TPSA) is 55.3 Å². The van der Waals surface area contributed by atoms with Crippen molar-refractivity contribution in [3.63, 3.8) is 0 Å². The number of amides is 1. The van der Waals surface area contributed by atoms with Gasteiger partial charge in [0.1, 0.15) is 11.3 Å². The van der Waals surface area contributed by atoms with Crippen molar-refractivity contribution in [2.45, 2.75) is 13.5 Å². The highest BCUT2D eigenvalue weighted by atomic mass is 16.5. The molecule has 0 bridgehead atoms. The predicted molar refractivity (Wildman–Crippen MR) is 95.5 cm³/mol. The number of hydrogen-bond acceptors (Lipinski definition) is 4. The van der Waals surface area contributed by atoms with Crippen LogP contribution < -0.4 is 4.74 Å². The molecule has 25 heavy (non-hydrogen) atoms. The van der Waals surface area contributed by atoms with Gasteiger partial charge < -0.3 is 9.64 Å². The van der Waals surface area contributed by atoms with Gasteiger partial charge in [-0.2, -0.15) is 0 Å². The summed E-state index contributed by atoms with van der Waals surface area (Å²) in [6.07, 6.45) is 4.84. The number of benzene rings is 1. The number of aryl methyl sites for hydroxylation is 1. The zero-order valence-corrected chi connectivity index (χ0v) is 14.2.